The lowest BCUT2D eigenvalue weighted by atomic mass is 9.93. The second-order valence-electron chi connectivity index (χ2n) is 9.68. The highest BCUT2D eigenvalue weighted by atomic mass is 16.5. The van der Waals surface area contributed by atoms with Crippen molar-refractivity contribution in [3.63, 3.8) is 0 Å². The molecule has 5 rings (SSSR count). The van der Waals surface area contributed by atoms with Crippen molar-refractivity contribution >= 4 is 17.0 Å². The van der Waals surface area contributed by atoms with Gasteiger partial charge in [-0.2, -0.15) is 15.5 Å². The van der Waals surface area contributed by atoms with Crippen molar-refractivity contribution in [3.05, 3.63) is 41.9 Å². The molecule has 1 atom stereocenters. The Balaban J connectivity index is 1.31. The molecule has 0 bridgehead atoms. The predicted octanol–water partition coefficient (Wildman–Crippen LogP) is 4.73. The molecule has 2 fully saturated rings. The summed E-state index contributed by atoms with van der Waals surface area (Å²) in [7, 11) is 0. The molecule has 8 heteroatoms. The third-order valence-electron chi connectivity index (χ3n) is 7.26. The van der Waals surface area contributed by atoms with E-state index in [1.54, 1.807) is 6.20 Å². The molecule has 1 aliphatic heterocycles. The average molecular weight is 460 g/mol. The number of nitrogens with one attached hydrogen (secondary N) is 1. The third-order valence-corrected chi connectivity index (χ3v) is 7.26. The van der Waals surface area contributed by atoms with E-state index >= 15 is 0 Å². The van der Waals surface area contributed by atoms with Crippen molar-refractivity contribution in [2.24, 2.45) is 5.92 Å². The van der Waals surface area contributed by atoms with Crippen LogP contribution in [0.25, 0.3) is 5.52 Å². The van der Waals surface area contributed by atoms with Crippen LogP contribution in [0.3, 0.4) is 0 Å². The number of anilines is 2. The first-order valence-electron chi connectivity index (χ1n) is 12.5. The molecule has 3 aromatic heterocycles. The number of nitriles is 1. The molecule has 3 aromatic rings. The molecule has 1 saturated carbocycles. The second-order valence-corrected chi connectivity index (χ2v) is 9.68. The Morgan fingerprint density at radius 1 is 1.18 bits per heavy atom. The Kier molecular flexibility index (Phi) is 6.52. The minimum atomic E-state index is 0.118. The monoisotopic (exact) mass is 459 g/mol. The summed E-state index contributed by atoms with van der Waals surface area (Å²) in [6, 6.07) is 8.74. The quantitative estimate of drug-likeness (QED) is 0.569. The molecule has 2 aliphatic rings. The third kappa shape index (κ3) is 4.79. The van der Waals surface area contributed by atoms with Crippen molar-refractivity contribution in [1.29, 1.82) is 5.26 Å². The number of pyridine rings is 1. The fourth-order valence-electron chi connectivity index (χ4n) is 5.24. The molecule has 8 nitrogen and oxygen atoms in total. The van der Waals surface area contributed by atoms with Crippen LogP contribution in [0, 0.1) is 24.2 Å². The molecular weight excluding hydrogens is 426 g/mol. The molecular formula is C26H33N7O. The maximum absolute atomic E-state index is 9.64. The van der Waals surface area contributed by atoms with Crippen molar-refractivity contribution in [3.8, 4) is 11.8 Å². The van der Waals surface area contributed by atoms with E-state index in [9.17, 15) is 5.26 Å². The largest absolute Gasteiger partial charge is 0.488 e. The fraction of sp³-hybridized carbons (Fsp3) is 0.538. The first-order chi connectivity index (χ1) is 16.6. The minimum absolute atomic E-state index is 0.118. The van der Waals surface area contributed by atoms with E-state index in [2.05, 4.69) is 44.6 Å². The zero-order chi connectivity index (χ0) is 23.5. The van der Waals surface area contributed by atoms with Crippen molar-refractivity contribution < 1.29 is 4.74 Å². The van der Waals surface area contributed by atoms with E-state index in [1.807, 2.05) is 29.8 Å². The van der Waals surface area contributed by atoms with Gasteiger partial charge in [0.1, 0.15) is 28.7 Å². The maximum atomic E-state index is 9.64. The molecule has 1 N–H and O–H groups in total. The summed E-state index contributed by atoms with van der Waals surface area (Å²) >= 11 is 0. The van der Waals surface area contributed by atoms with Gasteiger partial charge in [0.05, 0.1) is 29.9 Å². The summed E-state index contributed by atoms with van der Waals surface area (Å²) in [5.41, 5.74) is 3.37. The summed E-state index contributed by atoms with van der Waals surface area (Å²) in [6.07, 6.45) is 11.4. The van der Waals surface area contributed by atoms with Crippen LogP contribution in [0.5, 0.6) is 5.75 Å². The number of nitrogens with zero attached hydrogens (tertiary/aromatic N) is 6. The summed E-state index contributed by atoms with van der Waals surface area (Å²) in [5, 5.41) is 26.0. The first-order valence-corrected chi connectivity index (χ1v) is 12.5. The zero-order valence-corrected chi connectivity index (χ0v) is 20.1. The van der Waals surface area contributed by atoms with Crippen LogP contribution in [-0.2, 0) is 0 Å². The Morgan fingerprint density at radius 2 is 2.03 bits per heavy atom. The highest BCUT2D eigenvalue weighted by Gasteiger charge is 2.26. The van der Waals surface area contributed by atoms with Gasteiger partial charge < -0.3 is 15.0 Å². The highest BCUT2D eigenvalue weighted by Crippen LogP contribution is 2.34. The molecule has 0 amide bonds. The van der Waals surface area contributed by atoms with E-state index < -0.39 is 0 Å². The Bertz CT molecular complexity index is 1160. The van der Waals surface area contributed by atoms with Gasteiger partial charge in [0.15, 0.2) is 0 Å². The van der Waals surface area contributed by atoms with Gasteiger partial charge >= 0.3 is 0 Å². The number of aromatic nitrogens is 4. The lowest BCUT2D eigenvalue weighted by Crippen LogP contribution is -2.35. The number of piperidine rings is 1. The lowest BCUT2D eigenvalue weighted by molar-refractivity contribution is 0.151. The van der Waals surface area contributed by atoms with Gasteiger partial charge in [-0.05, 0) is 63.5 Å². The Morgan fingerprint density at radius 3 is 2.76 bits per heavy atom. The van der Waals surface area contributed by atoms with Crippen LogP contribution < -0.4 is 15.0 Å². The molecule has 1 saturated heterocycles. The van der Waals surface area contributed by atoms with Crippen LogP contribution in [0.2, 0.25) is 0 Å². The second kappa shape index (κ2) is 9.88. The SMILES string of the molecule is CCC1CCCN(c2cc(OC3CCC(Nc4ccc(C)nn4)CC3)c3c(C#N)cnn3c2)C1. The predicted molar refractivity (Wildman–Crippen MR) is 132 cm³/mol. The van der Waals surface area contributed by atoms with Gasteiger partial charge in [0, 0.05) is 25.2 Å². The maximum Gasteiger partial charge on any atom is 0.148 e. The number of rotatable bonds is 6. The number of hydrogen-bond donors (Lipinski definition) is 1. The normalized spacial score (nSPS) is 23.0. The van der Waals surface area contributed by atoms with Gasteiger partial charge in [-0.1, -0.05) is 13.3 Å². The van der Waals surface area contributed by atoms with E-state index in [0.717, 1.165) is 73.2 Å². The summed E-state index contributed by atoms with van der Waals surface area (Å²) in [6.45, 7) is 6.32. The van der Waals surface area contributed by atoms with Gasteiger partial charge in [-0.15, -0.1) is 5.10 Å². The number of aryl methyl sites for hydroxylation is 1. The molecule has 0 radical (unpaired) electrons. The van der Waals surface area contributed by atoms with Crippen molar-refractivity contribution in [2.45, 2.75) is 70.9 Å². The van der Waals surface area contributed by atoms with Crippen LogP contribution in [0.15, 0.2) is 30.6 Å². The standard InChI is InChI=1S/C26H33N7O/c1-3-19-5-4-12-32(16-19)22-13-24(26-20(14-27)15-28-33(26)17-22)34-23-9-7-21(8-10-23)29-25-11-6-18(2)30-31-25/h6,11,13,15,17,19,21,23H,3-5,7-10,12,16H2,1-2H3,(H,29,31). The molecule has 178 valence electrons. The first kappa shape index (κ1) is 22.5. The summed E-state index contributed by atoms with van der Waals surface area (Å²) in [5.74, 6) is 2.32. The Labute approximate surface area is 200 Å². The van der Waals surface area contributed by atoms with Gasteiger partial charge in [0.25, 0.3) is 0 Å². The lowest BCUT2D eigenvalue weighted by Gasteiger charge is -2.34. The van der Waals surface area contributed by atoms with Crippen LogP contribution >= 0.6 is 0 Å². The zero-order valence-electron chi connectivity index (χ0n) is 20.1. The van der Waals surface area contributed by atoms with E-state index in [0.29, 0.717) is 11.6 Å². The van der Waals surface area contributed by atoms with Gasteiger partial charge in [-0.25, -0.2) is 4.52 Å². The highest BCUT2D eigenvalue weighted by molar-refractivity contribution is 5.72. The molecule has 1 aliphatic carbocycles. The van der Waals surface area contributed by atoms with E-state index in [4.69, 9.17) is 4.74 Å². The Hall–Kier alpha value is -3.34. The molecule has 34 heavy (non-hydrogen) atoms. The number of ether oxygens (including phenoxy) is 1. The number of fused-ring (bicyclic) bond motifs is 1. The molecule has 0 aromatic carbocycles. The summed E-state index contributed by atoms with van der Waals surface area (Å²) < 4.78 is 8.40. The smallest absolute Gasteiger partial charge is 0.148 e. The summed E-state index contributed by atoms with van der Waals surface area (Å²) in [4.78, 5) is 2.45. The fourth-order valence-corrected chi connectivity index (χ4v) is 5.24. The molecule has 0 spiro atoms. The van der Waals surface area contributed by atoms with E-state index in [1.165, 1.54) is 19.3 Å². The number of hydrogen-bond acceptors (Lipinski definition) is 7. The topological polar surface area (TPSA) is 91.4 Å². The molecule has 1 unspecified atom stereocenters. The van der Waals surface area contributed by atoms with Gasteiger partial charge in [-0.3, -0.25) is 0 Å². The van der Waals surface area contributed by atoms with Crippen LogP contribution in [0.1, 0.15) is 63.1 Å². The van der Waals surface area contributed by atoms with Crippen LogP contribution in [-0.4, -0.2) is 45.0 Å². The van der Waals surface area contributed by atoms with Crippen molar-refractivity contribution in [1.82, 2.24) is 19.8 Å². The van der Waals surface area contributed by atoms with Crippen LogP contribution in [0.4, 0.5) is 11.5 Å². The average Bonchev–Trinajstić information content (AvgIpc) is 3.30. The molecule has 4 heterocycles. The van der Waals surface area contributed by atoms with Gasteiger partial charge in [0.2, 0.25) is 0 Å². The van der Waals surface area contributed by atoms with Crippen molar-refractivity contribution in [2.75, 3.05) is 23.3 Å². The van der Waals surface area contributed by atoms with E-state index in [-0.39, 0.29) is 6.10 Å². The minimum Gasteiger partial charge on any atom is -0.488 e.